The van der Waals surface area contributed by atoms with Gasteiger partial charge in [-0.2, -0.15) is 0 Å². The van der Waals surface area contributed by atoms with Gasteiger partial charge in [-0.05, 0) is 12.1 Å². The normalized spacial score (nSPS) is 9.33. The minimum atomic E-state index is -2.90. The first-order valence-corrected chi connectivity index (χ1v) is 5.66. The minimum absolute atomic E-state index is 0. The van der Waals surface area contributed by atoms with Crippen LogP contribution in [0, 0.1) is 0 Å². The molecule has 8 nitrogen and oxygen atoms in total. The van der Waals surface area contributed by atoms with E-state index >= 15 is 0 Å². The molecule has 1 aromatic rings. The molecular weight excluding hydrogens is 353 g/mol. The SMILES string of the molecule is O=C([O-])CC(CC(=O)[O-])(OC(=O)c1ccccc1)C(=O)[O-].[Na+].[Na+].[Na+]. The Morgan fingerprint density at radius 1 is 0.833 bits per heavy atom. The fraction of sp³-hybridized carbons (Fsp3) is 0.231. The number of esters is 1. The third kappa shape index (κ3) is 8.98. The molecule has 0 aromatic heterocycles. The van der Waals surface area contributed by atoms with E-state index in [2.05, 4.69) is 4.74 Å². The largest absolute Gasteiger partial charge is 1.00 e. The van der Waals surface area contributed by atoms with E-state index < -0.39 is 42.3 Å². The number of hydrogen-bond acceptors (Lipinski definition) is 8. The van der Waals surface area contributed by atoms with Crippen molar-refractivity contribution in [1.82, 2.24) is 0 Å². The zero-order valence-electron chi connectivity index (χ0n) is 13.6. The summed E-state index contributed by atoms with van der Waals surface area (Å²) in [6.45, 7) is 0. The van der Waals surface area contributed by atoms with Gasteiger partial charge in [-0.1, -0.05) is 18.2 Å². The topological polar surface area (TPSA) is 147 Å². The molecule has 0 aliphatic heterocycles. The van der Waals surface area contributed by atoms with Crippen LogP contribution < -0.4 is 104 Å². The van der Waals surface area contributed by atoms with E-state index in [1.807, 2.05) is 0 Å². The molecule has 112 valence electrons. The molecule has 1 rings (SSSR count). The molecule has 0 unspecified atom stereocenters. The van der Waals surface area contributed by atoms with E-state index in [4.69, 9.17) is 0 Å². The van der Waals surface area contributed by atoms with Crippen molar-refractivity contribution < 1.29 is 128 Å². The summed E-state index contributed by atoms with van der Waals surface area (Å²) in [5, 5.41) is 32.3. The molecule has 0 bridgehead atoms. The van der Waals surface area contributed by atoms with Gasteiger partial charge in [-0.3, -0.25) is 0 Å². The van der Waals surface area contributed by atoms with E-state index in [-0.39, 0.29) is 94.2 Å². The smallest absolute Gasteiger partial charge is 0.550 e. The molecule has 0 saturated heterocycles. The Morgan fingerprint density at radius 3 is 1.58 bits per heavy atom. The maximum atomic E-state index is 11.8. The fourth-order valence-corrected chi connectivity index (χ4v) is 1.60. The van der Waals surface area contributed by atoms with E-state index in [1.165, 1.54) is 24.3 Å². The fourth-order valence-electron chi connectivity index (χ4n) is 1.60. The van der Waals surface area contributed by atoms with Gasteiger partial charge < -0.3 is 34.4 Å². The molecule has 0 aliphatic carbocycles. The summed E-state index contributed by atoms with van der Waals surface area (Å²) in [5.74, 6) is -7.20. The van der Waals surface area contributed by atoms with Crippen LogP contribution in [0.5, 0.6) is 0 Å². The summed E-state index contributed by atoms with van der Waals surface area (Å²) in [7, 11) is 0. The Bertz CT molecular complexity index is 560. The van der Waals surface area contributed by atoms with E-state index in [0.29, 0.717) is 0 Å². The monoisotopic (exact) mass is 362 g/mol. The number of carboxylic acids is 3. The standard InChI is InChI=1S/C13H12O8.3Na/c14-9(15)6-13(12(19)20,7-10(16)17)21-11(18)8-4-2-1-3-5-8;;;/h1-5H,6-7H2,(H,14,15)(H,16,17)(H,19,20);;;/q;3*+1/p-3. The van der Waals surface area contributed by atoms with Crippen molar-refractivity contribution in [1.29, 1.82) is 0 Å². The molecule has 0 radical (unpaired) electrons. The number of carbonyl (C=O) groups is 4. The molecular formula is C13H9Na3O8. The first-order chi connectivity index (χ1) is 9.77. The maximum Gasteiger partial charge on any atom is 1.00 e. The molecule has 0 atom stereocenters. The van der Waals surface area contributed by atoms with Crippen molar-refractivity contribution in [2.75, 3.05) is 0 Å². The van der Waals surface area contributed by atoms with Gasteiger partial charge in [0.2, 0.25) is 0 Å². The number of hydrogen-bond donors (Lipinski definition) is 0. The molecule has 1 aromatic carbocycles. The van der Waals surface area contributed by atoms with Gasteiger partial charge in [0.1, 0.15) is 0 Å². The van der Waals surface area contributed by atoms with Gasteiger partial charge in [0.05, 0.1) is 11.5 Å². The first kappa shape index (κ1) is 28.9. The Balaban J connectivity index is -0.00000147. The van der Waals surface area contributed by atoms with Gasteiger partial charge in [0.15, 0.2) is 5.60 Å². The predicted molar refractivity (Wildman–Crippen MR) is 58.8 cm³/mol. The van der Waals surface area contributed by atoms with Gasteiger partial charge in [-0.25, -0.2) is 4.79 Å². The third-order valence-electron chi connectivity index (χ3n) is 2.53. The van der Waals surface area contributed by atoms with E-state index in [1.54, 1.807) is 6.07 Å². The van der Waals surface area contributed by atoms with Crippen LogP contribution in [0.25, 0.3) is 0 Å². The van der Waals surface area contributed by atoms with Gasteiger partial charge in [-0.15, -0.1) is 0 Å². The van der Waals surface area contributed by atoms with Crippen LogP contribution in [0.2, 0.25) is 0 Å². The van der Waals surface area contributed by atoms with Crippen LogP contribution in [0.1, 0.15) is 23.2 Å². The second kappa shape index (κ2) is 13.3. The van der Waals surface area contributed by atoms with E-state index in [9.17, 15) is 34.5 Å². The molecule has 0 N–H and O–H groups in total. The van der Waals surface area contributed by atoms with Crippen LogP contribution in [0.4, 0.5) is 0 Å². The number of aliphatic carboxylic acids is 3. The van der Waals surface area contributed by atoms with Crippen molar-refractivity contribution in [2.24, 2.45) is 0 Å². The van der Waals surface area contributed by atoms with Crippen molar-refractivity contribution in [3.05, 3.63) is 35.9 Å². The predicted octanol–water partition coefficient (Wildman–Crippen LogP) is -12.4. The summed E-state index contributed by atoms with van der Waals surface area (Å²) in [6.07, 6.45) is -2.75. The minimum Gasteiger partial charge on any atom is -0.550 e. The zero-order valence-corrected chi connectivity index (χ0v) is 19.6. The van der Waals surface area contributed by atoms with Crippen LogP contribution in [-0.2, 0) is 19.1 Å². The average Bonchev–Trinajstić information content (AvgIpc) is 2.37. The maximum absolute atomic E-state index is 11.8. The van der Waals surface area contributed by atoms with E-state index in [0.717, 1.165) is 0 Å². The Labute approximate surface area is 203 Å². The van der Waals surface area contributed by atoms with Crippen LogP contribution in [0.3, 0.4) is 0 Å². The van der Waals surface area contributed by atoms with Gasteiger partial charge in [0, 0.05) is 24.8 Å². The molecule has 0 saturated carbocycles. The molecule has 0 aliphatic rings. The quantitative estimate of drug-likeness (QED) is 0.343. The van der Waals surface area contributed by atoms with Gasteiger partial charge in [0.25, 0.3) is 0 Å². The van der Waals surface area contributed by atoms with Crippen molar-refractivity contribution in [2.45, 2.75) is 18.4 Å². The van der Waals surface area contributed by atoms with Crippen LogP contribution in [-0.4, -0.2) is 29.5 Å². The number of ether oxygens (including phenoxy) is 1. The van der Waals surface area contributed by atoms with Crippen LogP contribution >= 0.6 is 0 Å². The third-order valence-corrected chi connectivity index (χ3v) is 2.53. The molecule has 0 heterocycles. The summed E-state index contributed by atoms with van der Waals surface area (Å²) in [4.78, 5) is 44.1. The Morgan fingerprint density at radius 2 is 1.25 bits per heavy atom. The second-order valence-electron chi connectivity index (χ2n) is 4.13. The van der Waals surface area contributed by atoms with Crippen molar-refractivity contribution in [3.63, 3.8) is 0 Å². The number of carboxylic acid groups (broad SMARTS) is 3. The molecule has 11 heteroatoms. The molecule has 0 amide bonds. The summed E-state index contributed by atoms with van der Waals surface area (Å²) in [5.41, 5.74) is -2.98. The summed E-state index contributed by atoms with van der Waals surface area (Å²) >= 11 is 0. The summed E-state index contributed by atoms with van der Waals surface area (Å²) in [6, 6.07) is 7.04. The average molecular weight is 362 g/mol. The van der Waals surface area contributed by atoms with Crippen molar-refractivity contribution >= 4 is 23.9 Å². The van der Waals surface area contributed by atoms with Gasteiger partial charge >= 0.3 is 94.6 Å². The molecule has 0 spiro atoms. The second-order valence-corrected chi connectivity index (χ2v) is 4.13. The summed E-state index contributed by atoms with van der Waals surface area (Å²) < 4.78 is 4.56. The number of benzene rings is 1. The molecule has 0 fully saturated rings. The first-order valence-electron chi connectivity index (χ1n) is 5.66. The number of carbonyl (C=O) groups excluding carboxylic acids is 4. The molecule has 24 heavy (non-hydrogen) atoms. The Hall–Kier alpha value is 0.100. The van der Waals surface area contributed by atoms with Crippen molar-refractivity contribution in [3.8, 4) is 0 Å². The van der Waals surface area contributed by atoms with Crippen LogP contribution in [0.15, 0.2) is 30.3 Å². The zero-order chi connectivity index (χ0) is 16.0. The number of rotatable bonds is 7. The Kier molecular flexibility index (Phi) is 16.0.